The van der Waals surface area contributed by atoms with Gasteiger partial charge in [-0.15, -0.1) is 0 Å². The molecular weight excluding hydrogens is 286 g/mol. The Labute approximate surface area is 119 Å². The molecule has 0 amide bonds. The lowest BCUT2D eigenvalue weighted by molar-refractivity contribution is -0.140. The van der Waals surface area contributed by atoms with Crippen LogP contribution in [0.4, 0.5) is 17.6 Å². The number of alkyl halides is 3. The second-order valence-electron chi connectivity index (χ2n) is 5.93. The molecule has 0 radical (unpaired) electrons. The Hall–Kier alpha value is -1.43. The monoisotopic (exact) mass is 301 g/mol. The van der Waals surface area contributed by atoms with Gasteiger partial charge in [0.2, 0.25) is 0 Å². The van der Waals surface area contributed by atoms with Gasteiger partial charge >= 0.3 is 6.18 Å². The summed E-state index contributed by atoms with van der Waals surface area (Å²) in [5.41, 5.74) is -1.45. The zero-order valence-electron chi connectivity index (χ0n) is 11.3. The summed E-state index contributed by atoms with van der Waals surface area (Å²) in [4.78, 5) is 12.4. The van der Waals surface area contributed by atoms with Crippen molar-refractivity contribution in [2.75, 3.05) is 13.1 Å². The van der Waals surface area contributed by atoms with E-state index in [2.05, 4.69) is 5.32 Å². The third-order valence-electron chi connectivity index (χ3n) is 4.66. The number of carbonyl (C=O) groups is 1. The second kappa shape index (κ2) is 4.80. The molecule has 1 saturated carbocycles. The van der Waals surface area contributed by atoms with E-state index < -0.39 is 17.6 Å². The first-order valence-electron chi connectivity index (χ1n) is 6.95. The lowest BCUT2D eigenvalue weighted by Crippen LogP contribution is -2.30. The van der Waals surface area contributed by atoms with Crippen LogP contribution < -0.4 is 5.32 Å². The minimum Gasteiger partial charge on any atom is -0.317 e. The van der Waals surface area contributed by atoms with Gasteiger partial charge in [-0.05, 0) is 56.0 Å². The topological polar surface area (TPSA) is 29.1 Å². The zero-order chi connectivity index (χ0) is 15.3. The SMILES string of the molecule is O=C(c1ccc(F)c(C(F)(F)F)c1)C1CC12CCNCC2. The van der Waals surface area contributed by atoms with Gasteiger partial charge in [0.1, 0.15) is 5.82 Å². The summed E-state index contributed by atoms with van der Waals surface area (Å²) in [5.74, 6) is -1.85. The largest absolute Gasteiger partial charge is 0.419 e. The summed E-state index contributed by atoms with van der Waals surface area (Å²) in [7, 11) is 0. The van der Waals surface area contributed by atoms with Crippen molar-refractivity contribution in [1.82, 2.24) is 5.32 Å². The van der Waals surface area contributed by atoms with E-state index in [9.17, 15) is 22.4 Å². The number of hydrogen-bond acceptors (Lipinski definition) is 2. The predicted molar refractivity (Wildman–Crippen MR) is 68.4 cm³/mol. The van der Waals surface area contributed by atoms with Crippen LogP contribution in [0.15, 0.2) is 18.2 Å². The van der Waals surface area contributed by atoms with Crippen LogP contribution in [0.5, 0.6) is 0 Å². The molecule has 1 spiro atoms. The summed E-state index contributed by atoms with van der Waals surface area (Å²) >= 11 is 0. The molecule has 1 aromatic carbocycles. The van der Waals surface area contributed by atoms with Crippen molar-refractivity contribution in [3.8, 4) is 0 Å². The molecule has 21 heavy (non-hydrogen) atoms. The molecule has 1 saturated heterocycles. The molecule has 0 bridgehead atoms. The van der Waals surface area contributed by atoms with Gasteiger partial charge in [0.15, 0.2) is 5.78 Å². The quantitative estimate of drug-likeness (QED) is 0.670. The first-order valence-corrected chi connectivity index (χ1v) is 6.95. The van der Waals surface area contributed by atoms with Crippen LogP contribution in [0.3, 0.4) is 0 Å². The third-order valence-corrected chi connectivity index (χ3v) is 4.66. The maximum absolute atomic E-state index is 13.3. The molecule has 0 aromatic heterocycles. The van der Waals surface area contributed by atoms with E-state index in [4.69, 9.17) is 0 Å². The van der Waals surface area contributed by atoms with Gasteiger partial charge in [0.25, 0.3) is 0 Å². The van der Waals surface area contributed by atoms with Crippen LogP contribution in [0.1, 0.15) is 35.2 Å². The molecule has 1 unspecified atom stereocenters. The van der Waals surface area contributed by atoms with Crippen LogP contribution in [-0.2, 0) is 6.18 Å². The summed E-state index contributed by atoms with van der Waals surface area (Å²) in [5, 5.41) is 3.21. The number of carbonyl (C=O) groups excluding carboxylic acids is 1. The third kappa shape index (κ3) is 2.57. The summed E-state index contributed by atoms with van der Waals surface area (Å²) < 4.78 is 51.3. The van der Waals surface area contributed by atoms with Gasteiger partial charge in [0, 0.05) is 11.5 Å². The van der Waals surface area contributed by atoms with Gasteiger partial charge in [-0.3, -0.25) is 4.79 Å². The highest BCUT2D eigenvalue weighted by molar-refractivity contribution is 6.00. The molecule has 6 heteroatoms. The Balaban J connectivity index is 1.83. The van der Waals surface area contributed by atoms with Crippen molar-refractivity contribution in [2.45, 2.75) is 25.4 Å². The maximum Gasteiger partial charge on any atom is 0.419 e. The normalized spacial score (nSPS) is 24.1. The number of rotatable bonds is 2. The van der Waals surface area contributed by atoms with Gasteiger partial charge in [0.05, 0.1) is 5.56 Å². The van der Waals surface area contributed by atoms with E-state index in [-0.39, 0.29) is 22.7 Å². The Morgan fingerprint density at radius 2 is 1.90 bits per heavy atom. The maximum atomic E-state index is 13.3. The second-order valence-corrected chi connectivity index (χ2v) is 5.93. The number of nitrogens with one attached hydrogen (secondary N) is 1. The van der Waals surface area contributed by atoms with Crippen molar-refractivity contribution in [3.05, 3.63) is 35.1 Å². The van der Waals surface area contributed by atoms with Gasteiger partial charge in [-0.1, -0.05) is 0 Å². The predicted octanol–water partition coefficient (Wildman–Crippen LogP) is 3.42. The van der Waals surface area contributed by atoms with E-state index in [1.165, 1.54) is 0 Å². The summed E-state index contributed by atoms with van der Waals surface area (Å²) in [6, 6.07) is 2.53. The highest BCUT2D eigenvalue weighted by atomic mass is 19.4. The van der Waals surface area contributed by atoms with Crippen LogP contribution in [0.2, 0.25) is 0 Å². The van der Waals surface area contributed by atoms with Crippen LogP contribution >= 0.6 is 0 Å². The van der Waals surface area contributed by atoms with Gasteiger partial charge in [-0.2, -0.15) is 13.2 Å². The van der Waals surface area contributed by atoms with Crippen molar-refractivity contribution >= 4 is 5.78 Å². The van der Waals surface area contributed by atoms with E-state index in [1.807, 2.05) is 0 Å². The Kier molecular flexibility index (Phi) is 3.31. The van der Waals surface area contributed by atoms with E-state index in [1.54, 1.807) is 0 Å². The number of benzene rings is 1. The molecule has 2 fully saturated rings. The molecule has 1 heterocycles. The standard InChI is InChI=1S/C15H15F4NO/c16-12-2-1-9(7-10(12)15(17,18)19)13(21)11-8-14(11)3-5-20-6-4-14/h1-2,7,11,20H,3-6,8H2. The molecule has 1 atom stereocenters. The van der Waals surface area contributed by atoms with Crippen molar-refractivity contribution < 1.29 is 22.4 Å². The average Bonchev–Trinajstić information content (AvgIpc) is 3.11. The molecule has 1 aliphatic carbocycles. The fourth-order valence-electron chi connectivity index (χ4n) is 3.29. The molecular formula is C15H15F4NO. The summed E-state index contributed by atoms with van der Waals surface area (Å²) in [6.45, 7) is 1.67. The minimum atomic E-state index is -4.78. The van der Waals surface area contributed by atoms with Gasteiger partial charge in [-0.25, -0.2) is 4.39 Å². The van der Waals surface area contributed by atoms with E-state index in [0.717, 1.165) is 44.5 Å². The van der Waals surface area contributed by atoms with E-state index >= 15 is 0 Å². The Morgan fingerprint density at radius 1 is 1.24 bits per heavy atom. The van der Waals surface area contributed by atoms with Crippen molar-refractivity contribution in [1.29, 1.82) is 0 Å². The molecule has 1 aromatic rings. The smallest absolute Gasteiger partial charge is 0.317 e. The van der Waals surface area contributed by atoms with E-state index in [0.29, 0.717) is 6.07 Å². The summed E-state index contributed by atoms with van der Waals surface area (Å²) in [6.07, 6.45) is -2.31. The molecule has 2 aliphatic rings. The Bertz CT molecular complexity index is 576. The van der Waals surface area contributed by atoms with Crippen LogP contribution in [0, 0.1) is 17.2 Å². The lowest BCUT2D eigenvalue weighted by Gasteiger charge is -2.23. The molecule has 1 aliphatic heterocycles. The number of hydrogen-bond donors (Lipinski definition) is 1. The van der Waals surface area contributed by atoms with Crippen LogP contribution in [0.25, 0.3) is 0 Å². The highest BCUT2D eigenvalue weighted by Gasteiger charge is 2.57. The first kappa shape index (κ1) is 14.5. The molecule has 3 rings (SSSR count). The van der Waals surface area contributed by atoms with Crippen LogP contribution in [-0.4, -0.2) is 18.9 Å². The number of halogens is 4. The first-order chi connectivity index (χ1) is 9.83. The fourth-order valence-corrected chi connectivity index (χ4v) is 3.29. The zero-order valence-corrected chi connectivity index (χ0v) is 11.3. The van der Waals surface area contributed by atoms with Crippen molar-refractivity contribution in [2.24, 2.45) is 11.3 Å². The fraction of sp³-hybridized carbons (Fsp3) is 0.533. The highest BCUT2D eigenvalue weighted by Crippen LogP contribution is 2.59. The van der Waals surface area contributed by atoms with Gasteiger partial charge < -0.3 is 5.32 Å². The molecule has 2 nitrogen and oxygen atoms in total. The Morgan fingerprint density at radius 3 is 2.52 bits per heavy atom. The average molecular weight is 301 g/mol. The number of piperidine rings is 1. The number of Topliss-reactive ketones (excluding diaryl/α,β-unsaturated/α-hetero) is 1. The molecule has 1 N–H and O–H groups in total. The minimum absolute atomic E-state index is 0.0378. The number of ketones is 1. The van der Waals surface area contributed by atoms with Crippen molar-refractivity contribution in [3.63, 3.8) is 0 Å². The molecule has 114 valence electrons. The lowest BCUT2D eigenvalue weighted by atomic mass is 9.89.